The number of pyridine rings is 1. The normalized spacial score (nSPS) is 17.0. The van der Waals surface area contributed by atoms with Gasteiger partial charge in [0.05, 0.1) is 16.0 Å². The number of rotatable bonds is 6. The molecule has 0 aliphatic carbocycles. The summed E-state index contributed by atoms with van der Waals surface area (Å²) < 4.78 is 42.7. The summed E-state index contributed by atoms with van der Waals surface area (Å²) in [5, 5.41) is 15.2. The van der Waals surface area contributed by atoms with Gasteiger partial charge in [-0.25, -0.2) is 9.97 Å². The van der Waals surface area contributed by atoms with E-state index in [0.29, 0.717) is 17.9 Å². The Labute approximate surface area is 218 Å². The number of amides is 2. The van der Waals surface area contributed by atoms with Gasteiger partial charge in [0.2, 0.25) is 0 Å². The quantitative estimate of drug-likeness (QED) is 0.478. The Kier molecular flexibility index (Phi) is 8.23. The van der Waals surface area contributed by atoms with E-state index >= 15 is 0 Å². The van der Waals surface area contributed by atoms with Crippen molar-refractivity contribution >= 4 is 29.0 Å². The number of carbonyl (C=O) groups is 2. The van der Waals surface area contributed by atoms with Crippen molar-refractivity contribution in [3.8, 4) is 10.4 Å². The summed E-state index contributed by atoms with van der Waals surface area (Å²) in [6, 6.07) is 0.799. The van der Waals surface area contributed by atoms with E-state index in [1.54, 1.807) is 25.7 Å². The fourth-order valence-corrected chi connectivity index (χ4v) is 4.97. The molecule has 1 unspecified atom stereocenters. The molecular weight excluding hydrogens is 507 g/mol. The monoisotopic (exact) mass is 541 g/mol. The number of likely N-dealkylation sites (tertiary alicyclic amines) is 1. The van der Waals surface area contributed by atoms with Gasteiger partial charge in [0, 0.05) is 36.4 Å². The van der Waals surface area contributed by atoms with E-state index in [1.807, 2.05) is 6.92 Å². The minimum atomic E-state index is -4.75. The number of nitrogens with zero attached hydrogens (tertiary/aromatic N) is 3. The topological polar surface area (TPSA) is 107 Å². The van der Waals surface area contributed by atoms with Crippen LogP contribution in [0.1, 0.15) is 86.7 Å². The molecule has 8 nitrogen and oxygen atoms in total. The summed E-state index contributed by atoms with van der Waals surface area (Å²) in [7, 11) is 0. The summed E-state index contributed by atoms with van der Waals surface area (Å²) >= 11 is 0.701. The molecule has 3 rings (SSSR count). The number of anilines is 1. The molecule has 1 aliphatic heterocycles. The molecule has 0 aromatic carbocycles. The minimum Gasteiger partial charge on any atom is -0.389 e. The largest absolute Gasteiger partial charge is 0.417 e. The lowest BCUT2D eigenvalue weighted by molar-refractivity contribution is -0.137. The second-order valence-corrected chi connectivity index (χ2v) is 12.0. The highest BCUT2D eigenvalue weighted by atomic mass is 32.1. The van der Waals surface area contributed by atoms with E-state index < -0.39 is 34.7 Å². The van der Waals surface area contributed by atoms with Gasteiger partial charge >= 0.3 is 6.18 Å². The molecule has 0 saturated carbocycles. The van der Waals surface area contributed by atoms with Gasteiger partial charge in [-0.2, -0.15) is 13.2 Å². The molecule has 1 saturated heterocycles. The van der Waals surface area contributed by atoms with Crippen LogP contribution in [0.25, 0.3) is 10.4 Å². The van der Waals surface area contributed by atoms with Crippen molar-refractivity contribution < 1.29 is 27.9 Å². The van der Waals surface area contributed by atoms with E-state index in [0.717, 1.165) is 31.5 Å². The number of hydrogen-bond donors (Lipinski definition) is 3. The smallest absolute Gasteiger partial charge is 0.389 e. The maximum atomic E-state index is 14.2. The average molecular weight is 542 g/mol. The van der Waals surface area contributed by atoms with Crippen molar-refractivity contribution in [1.29, 1.82) is 0 Å². The van der Waals surface area contributed by atoms with Crippen LogP contribution >= 0.6 is 11.3 Å². The predicted molar refractivity (Wildman–Crippen MR) is 137 cm³/mol. The summed E-state index contributed by atoms with van der Waals surface area (Å²) in [4.78, 5) is 36.3. The first kappa shape index (κ1) is 28.8. The average Bonchev–Trinajstić information content (AvgIpc) is 3.20. The molecule has 12 heteroatoms. The Morgan fingerprint density at radius 3 is 2.43 bits per heavy atom. The van der Waals surface area contributed by atoms with Crippen LogP contribution in [0.15, 0.2) is 12.3 Å². The van der Waals surface area contributed by atoms with E-state index in [2.05, 4.69) is 20.6 Å². The Balaban J connectivity index is 2.14. The molecule has 0 radical (unpaired) electrons. The van der Waals surface area contributed by atoms with Gasteiger partial charge in [0.25, 0.3) is 11.8 Å². The SMILES string of the molecule is CC1CCCCN1C(=O)c1nc(C(=O)NCC(C)(C)O)sc1-c1cnc(NC(C)(C)C)cc1C(F)(F)F. The molecule has 0 bridgehead atoms. The van der Waals surface area contributed by atoms with Crippen LogP contribution in [0, 0.1) is 0 Å². The van der Waals surface area contributed by atoms with Crippen molar-refractivity contribution in [2.24, 2.45) is 0 Å². The van der Waals surface area contributed by atoms with Gasteiger partial charge < -0.3 is 20.6 Å². The van der Waals surface area contributed by atoms with Crippen LogP contribution in [0.5, 0.6) is 0 Å². The number of alkyl halides is 3. The van der Waals surface area contributed by atoms with Gasteiger partial charge in [-0.15, -0.1) is 11.3 Å². The van der Waals surface area contributed by atoms with E-state index in [4.69, 9.17) is 0 Å². The van der Waals surface area contributed by atoms with Crippen molar-refractivity contribution in [1.82, 2.24) is 20.2 Å². The molecule has 0 spiro atoms. The Hall–Kier alpha value is -2.73. The van der Waals surface area contributed by atoms with Gasteiger partial charge in [0.15, 0.2) is 5.01 Å². The molecule has 2 aromatic rings. The molecule has 37 heavy (non-hydrogen) atoms. The third-order valence-corrected chi connectivity index (χ3v) is 6.81. The van der Waals surface area contributed by atoms with Crippen molar-refractivity contribution in [3.63, 3.8) is 0 Å². The highest BCUT2D eigenvalue weighted by molar-refractivity contribution is 7.17. The highest BCUT2D eigenvalue weighted by Crippen LogP contribution is 2.42. The predicted octanol–water partition coefficient (Wildman–Crippen LogP) is 4.95. The summed E-state index contributed by atoms with van der Waals surface area (Å²) in [6.45, 7) is 10.6. The first-order valence-corrected chi connectivity index (χ1v) is 13.0. The van der Waals surface area contributed by atoms with Gasteiger partial charge in [-0.05, 0) is 66.9 Å². The zero-order valence-corrected chi connectivity index (χ0v) is 22.7. The van der Waals surface area contributed by atoms with Crippen LogP contribution in [0.2, 0.25) is 0 Å². The van der Waals surface area contributed by atoms with Gasteiger partial charge in [-0.1, -0.05) is 0 Å². The third kappa shape index (κ3) is 7.41. The highest BCUT2D eigenvalue weighted by Gasteiger charge is 2.38. The zero-order chi connectivity index (χ0) is 27.8. The van der Waals surface area contributed by atoms with Crippen molar-refractivity contribution in [2.45, 2.75) is 84.2 Å². The first-order chi connectivity index (χ1) is 17.0. The number of aliphatic hydroxyl groups is 1. The minimum absolute atomic E-state index is 0.0359. The summed E-state index contributed by atoms with van der Waals surface area (Å²) in [6.07, 6.45) is -1.19. The number of piperidine rings is 1. The molecule has 2 amide bonds. The fraction of sp³-hybridized carbons (Fsp3) is 0.600. The molecule has 1 aliphatic rings. The molecule has 2 aromatic heterocycles. The molecule has 3 N–H and O–H groups in total. The van der Waals surface area contributed by atoms with Gasteiger partial charge in [-0.3, -0.25) is 9.59 Å². The Bertz CT molecular complexity index is 1150. The lowest BCUT2D eigenvalue weighted by atomic mass is 10.0. The summed E-state index contributed by atoms with van der Waals surface area (Å²) in [5.41, 5.74) is -3.25. The van der Waals surface area contributed by atoms with E-state index in [-0.39, 0.29) is 39.5 Å². The Morgan fingerprint density at radius 2 is 1.86 bits per heavy atom. The number of aromatic nitrogens is 2. The van der Waals surface area contributed by atoms with Gasteiger partial charge in [0.1, 0.15) is 11.5 Å². The second-order valence-electron chi connectivity index (χ2n) is 11.0. The van der Waals surface area contributed by atoms with Crippen molar-refractivity contribution in [2.75, 3.05) is 18.4 Å². The third-order valence-electron chi connectivity index (χ3n) is 5.73. The standard InChI is InChI=1S/C25H34F3N5O3S/c1-14-9-7-8-10-33(14)22(35)18-19(37-21(31-18)20(34)30-13-24(5,6)36)15-12-29-17(32-23(2,3)4)11-16(15)25(26,27)28/h11-12,14,36H,7-10,13H2,1-6H3,(H,29,32)(H,30,34). The van der Waals surface area contributed by atoms with Crippen LogP contribution in [0.4, 0.5) is 19.0 Å². The number of thiazole rings is 1. The van der Waals surface area contributed by atoms with Crippen LogP contribution < -0.4 is 10.6 Å². The molecule has 3 heterocycles. The molecule has 1 atom stereocenters. The lowest BCUT2D eigenvalue weighted by Gasteiger charge is -2.33. The van der Waals surface area contributed by atoms with Crippen LogP contribution in [-0.4, -0.2) is 62.1 Å². The van der Waals surface area contributed by atoms with Crippen LogP contribution in [0.3, 0.4) is 0 Å². The summed E-state index contributed by atoms with van der Waals surface area (Å²) in [5.74, 6) is -1.18. The first-order valence-electron chi connectivity index (χ1n) is 12.1. The number of hydrogen-bond acceptors (Lipinski definition) is 7. The number of nitrogens with one attached hydrogen (secondary N) is 2. The number of carbonyl (C=O) groups excluding carboxylic acids is 2. The van der Waals surface area contributed by atoms with Crippen molar-refractivity contribution in [3.05, 3.63) is 28.5 Å². The molecular formula is C25H34F3N5O3S. The Morgan fingerprint density at radius 1 is 1.19 bits per heavy atom. The lowest BCUT2D eigenvalue weighted by Crippen LogP contribution is -2.42. The maximum absolute atomic E-state index is 14.2. The molecule has 1 fully saturated rings. The van der Waals surface area contributed by atoms with E-state index in [1.165, 1.54) is 13.8 Å². The zero-order valence-electron chi connectivity index (χ0n) is 21.9. The van der Waals surface area contributed by atoms with E-state index in [9.17, 15) is 27.9 Å². The maximum Gasteiger partial charge on any atom is 0.417 e. The van der Waals surface area contributed by atoms with Crippen LogP contribution in [-0.2, 0) is 6.18 Å². The second kappa shape index (κ2) is 10.6. The molecule has 204 valence electrons. The fourth-order valence-electron chi connectivity index (χ4n) is 3.98. The number of halogens is 3.